The molecule has 7 nitrogen and oxygen atoms in total. The lowest BCUT2D eigenvalue weighted by Crippen LogP contribution is -2.41. The summed E-state index contributed by atoms with van der Waals surface area (Å²) in [4.78, 5) is 39.8. The molecule has 24 heavy (non-hydrogen) atoms. The summed E-state index contributed by atoms with van der Waals surface area (Å²) in [5.41, 5.74) is -1.19. The first-order chi connectivity index (χ1) is 11.6. The SMILES string of the molecule is O=C(NCCn1cccc1)c1c[nH]c(=O)n(Cc2cccs2)c1=O. The van der Waals surface area contributed by atoms with Crippen LogP contribution in [0.2, 0.25) is 0 Å². The number of carbonyl (C=O) groups excluding carboxylic acids is 1. The van der Waals surface area contributed by atoms with Gasteiger partial charge in [-0.1, -0.05) is 6.07 Å². The zero-order chi connectivity index (χ0) is 16.9. The summed E-state index contributed by atoms with van der Waals surface area (Å²) in [7, 11) is 0. The van der Waals surface area contributed by atoms with Crippen LogP contribution < -0.4 is 16.6 Å². The van der Waals surface area contributed by atoms with Gasteiger partial charge in [0.2, 0.25) is 0 Å². The number of hydrogen-bond donors (Lipinski definition) is 2. The standard InChI is InChI=1S/C16H16N4O3S/c21-14(17-5-8-19-6-1-2-7-19)13-10-18-16(23)20(15(13)22)11-12-4-3-9-24-12/h1-4,6-7,9-10H,5,8,11H2,(H,17,21)(H,18,23). The second-order valence-electron chi connectivity index (χ2n) is 5.15. The van der Waals surface area contributed by atoms with E-state index in [9.17, 15) is 14.4 Å². The normalized spacial score (nSPS) is 10.7. The average Bonchev–Trinajstić information content (AvgIpc) is 3.25. The van der Waals surface area contributed by atoms with Gasteiger partial charge in [0, 0.05) is 36.6 Å². The maximum atomic E-state index is 12.4. The second kappa shape index (κ2) is 7.14. The molecule has 8 heteroatoms. The number of nitrogens with zero attached hydrogens (tertiary/aromatic N) is 2. The molecule has 0 aliphatic heterocycles. The summed E-state index contributed by atoms with van der Waals surface area (Å²) < 4.78 is 2.95. The Morgan fingerprint density at radius 3 is 2.71 bits per heavy atom. The molecule has 0 saturated heterocycles. The second-order valence-corrected chi connectivity index (χ2v) is 6.19. The molecular weight excluding hydrogens is 328 g/mol. The van der Waals surface area contributed by atoms with Crippen molar-refractivity contribution in [1.82, 2.24) is 19.4 Å². The smallest absolute Gasteiger partial charge is 0.328 e. The lowest BCUT2D eigenvalue weighted by Gasteiger charge is -2.08. The summed E-state index contributed by atoms with van der Waals surface area (Å²) in [6.45, 7) is 1.14. The van der Waals surface area contributed by atoms with E-state index >= 15 is 0 Å². The van der Waals surface area contributed by atoms with Gasteiger partial charge >= 0.3 is 5.69 Å². The van der Waals surface area contributed by atoms with E-state index in [1.54, 1.807) is 0 Å². The first-order valence-corrected chi connectivity index (χ1v) is 8.27. The van der Waals surface area contributed by atoms with E-state index in [2.05, 4.69) is 10.3 Å². The highest BCUT2D eigenvalue weighted by molar-refractivity contribution is 7.09. The Balaban J connectivity index is 1.74. The summed E-state index contributed by atoms with van der Waals surface area (Å²) >= 11 is 1.45. The Hall–Kier alpha value is -2.87. The molecule has 0 unspecified atom stereocenters. The van der Waals surface area contributed by atoms with E-state index in [1.807, 2.05) is 46.6 Å². The Kier molecular flexibility index (Phi) is 4.76. The highest BCUT2D eigenvalue weighted by atomic mass is 32.1. The summed E-state index contributed by atoms with van der Waals surface area (Å²) in [6.07, 6.45) is 4.95. The van der Waals surface area contributed by atoms with E-state index in [-0.39, 0.29) is 12.1 Å². The van der Waals surface area contributed by atoms with Gasteiger partial charge < -0.3 is 14.9 Å². The van der Waals surface area contributed by atoms with Gasteiger partial charge in [0.1, 0.15) is 5.56 Å². The van der Waals surface area contributed by atoms with Crippen molar-refractivity contribution in [3.8, 4) is 0 Å². The van der Waals surface area contributed by atoms with Crippen molar-refractivity contribution in [2.45, 2.75) is 13.1 Å². The van der Waals surface area contributed by atoms with Crippen LogP contribution in [-0.2, 0) is 13.1 Å². The Labute approximate surface area is 141 Å². The van der Waals surface area contributed by atoms with Crippen LogP contribution in [0.15, 0.2) is 57.8 Å². The highest BCUT2D eigenvalue weighted by Crippen LogP contribution is 2.08. The number of H-pyrrole nitrogens is 1. The minimum absolute atomic E-state index is 0.0707. The van der Waals surface area contributed by atoms with Crippen LogP contribution in [-0.4, -0.2) is 26.6 Å². The Morgan fingerprint density at radius 1 is 1.21 bits per heavy atom. The topological polar surface area (TPSA) is 88.9 Å². The Morgan fingerprint density at radius 2 is 2.00 bits per heavy atom. The van der Waals surface area contributed by atoms with Crippen LogP contribution in [0.3, 0.4) is 0 Å². The van der Waals surface area contributed by atoms with E-state index in [1.165, 1.54) is 17.5 Å². The zero-order valence-electron chi connectivity index (χ0n) is 12.8. The van der Waals surface area contributed by atoms with Gasteiger partial charge in [-0.2, -0.15) is 0 Å². The molecule has 0 aliphatic rings. The lowest BCUT2D eigenvalue weighted by atomic mass is 10.3. The third-order valence-electron chi connectivity index (χ3n) is 3.52. The van der Waals surface area contributed by atoms with Crippen molar-refractivity contribution in [3.63, 3.8) is 0 Å². The molecule has 0 spiro atoms. The fraction of sp³-hybridized carbons (Fsp3) is 0.188. The molecule has 0 aliphatic carbocycles. The monoisotopic (exact) mass is 344 g/mol. The minimum Gasteiger partial charge on any atom is -0.353 e. The highest BCUT2D eigenvalue weighted by Gasteiger charge is 2.14. The fourth-order valence-corrected chi connectivity index (χ4v) is 2.98. The largest absolute Gasteiger partial charge is 0.353 e. The van der Waals surface area contributed by atoms with Crippen molar-refractivity contribution in [2.24, 2.45) is 0 Å². The van der Waals surface area contributed by atoms with Gasteiger partial charge in [-0.05, 0) is 23.6 Å². The first kappa shape index (κ1) is 16.0. The minimum atomic E-state index is -0.592. The summed E-state index contributed by atoms with van der Waals surface area (Å²) in [5.74, 6) is -0.497. The molecule has 0 bridgehead atoms. The molecule has 3 heterocycles. The molecule has 2 N–H and O–H groups in total. The van der Waals surface area contributed by atoms with Gasteiger partial charge in [0.25, 0.3) is 11.5 Å². The van der Waals surface area contributed by atoms with E-state index < -0.39 is 17.2 Å². The number of aromatic amines is 1. The number of amides is 1. The predicted octanol–water partition coefficient (Wildman–Crippen LogP) is 0.878. The molecule has 0 fully saturated rings. The molecule has 0 atom stereocenters. The van der Waals surface area contributed by atoms with Gasteiger partial charge in [-0.25, -0.2) is 4.79 Å². The quantitative estimate of drug-likeness (QED) is 0.696. The summed E-state index contributed by atoms with van der Waals surface area (Å²) in [6, 6.07) is 7.47. The molecule has 124 valence electrons. The molecule has 0 radical (unpaired) electrons. The number of nitrogens with one attached hydrogen (secondary N) is 2. The van der Waals surface area contributed by atoms with E-state index in [0.717, 1.165) is 9.44 Å². The third-order valence-corrected chi connectivity index (χ3v) is 4.38. The molecular formula is C16H16N4O3S. The van der Waals surface area contributed by atoms with Gasteiger partial charge in [-0.15, -0.1) is 11.3 Å². The van der Waals surface area contributed by atoms with Crippen LogP contribution in [0.25, 0.3) is 0 Å². The van der Waals surface area contributed by atoms with Crippen LogP contribution in [0, 0.1) is 0 Å². The van der Waals surface area contributed by atoms with E-state index in [4.69, 9.17) is 0 Å². The lowest BCUT2D eigenvalue weighted by molar-refractivity contribution is 0.0949. The maximum absolute atomic E-state index is 12.4. The van der Waals surface area contributed by atoms with Crippen LogP contribution >= 0.6 is 11.3 Å². The first-order valence-electron chi connectivity index (χ1n) is 7.39. The van der Waals surface area contributed by atoms with Gasteiger partial charge in [-0.3, -0.25) is 14.2 Å². The average molecular weight is 344 g/mol. The molecule has 0 aromatic carbocycles. The number of aromatic nitrogens is 3. The van der Waals surface area contributed by atoms with Crippen molar-refractivity contribution >= 4 is 17.2 Å². The predicted molar refractivity (Wildman–Crippen MR) is 91.5 cm³/mol. The summed E-state index contributed by atoms with van der Waals surface area (Å²) in [5, 5.41) is 4.56. The number of rotatable bonds is 6. The fourth-order valence-electron chi connectivity index (χ4n) is 2.29. The maximum Gasteiger partial charge on any atom is 0.328 e. The molecule has 0 saturated carbocycles. The zero-order valence-corrected chi connectivity index (χ0v) is 13.6. The van der Waals surface area contributed by atoms with Gasteiger partial charge in [0.15, 0.2) is 0 Å². The van der Waals surface area contributed by atoms with Crippen LogP contribution in [0.1, 0.15) is 15.2 Å². The van der Waals surface area contributed by atoms with E-state index in [0.29, 0.717) is 13.1 Å². The van der Waals surface area contributed by atoms with Crippen molar-refractivity contribution in [1.29, 1.82) is 0 Å². The van der Waals surface area contributed by atoms with Crippen LogP contribution in [0.4, 0.5) is 0 Å². The third kappa shape index (κ3) is 3.54. The number of carbonyl (C=O) groups is 1. The van der Waals surface area contributed by atoms with Crippen molar-refractivity contribution in [3.05, 3.63) is 79.5 Å². The van der Waals surface area contributed by atoms with Crippen molar-refractivity contribution in [2.75, 3.05) is 6.54 Å². The number of hydrogen-bond acceptors (Lipinski definition) is 4. The molecule has 1 amide bonds. The van der Waals surface area contributed by atoms with Gasteiger partial charge in [0.05, 0.1) is 6.54 Å². The van der Waals surface area contributed by atoms with Crippen molar-refractivity contribution < 1.29 is 4.79 Å². The Bertz CT molecular complexity index is 923. The van der Waals surface area contributed by atoms with Crippen LogP contribution in [0.5, 0.6) is 0 Å². The molecule has 3 rings (SSSR count). The molecule has 3 aromatic rings. The molecule has 3 aromatic heterocycles. The number of thiophene rings is 1.